The molecule has 0 spiro atoms. The van der Waals surface area contributed by atoms with Crippen LogP contribution in [-0.4, -0.2) is 4.98 Å². The van der Waals surface area contributed by atoms with Crippen LogP contribution in [0.3, 0.4) is 0 Å². The van der Waals surface area contributed by atoms with E-state index in [2.05, 4.69) is 4.98 Å². The zero-order valence-corrected chi connectivity index (χ0v) is 5.66. The molecular formula is C8H5FN2. The smallest absolute Gasteiger partial charge is 0.212 e. The summed E-state index contributed by atoms with van der Waals surface area (Å²) in [5.41, 5.74) is 0.716. The lowest BCUT2D eigenvalue weighted by Gasteiger charge is -1.88. The zero-order valence-electron chi connectivity index (χ0n) is 5.66. The minimum Gasteiger partial charge on any atom is -0.228 e. The molecule has 1 aromatic rings. The van der Waals surface area contributed by atoms with Gasteiger partial charge in [0.05, 0.1) is 6.07 Å². The van der Waals surface area contributed by atoms with Crippen LogP contribution in [0.4, 0.5) is 4.39 Å². The molecular weight excluding hydrogens is 143 g/mol. The third kappa shape index (κ3) is 2.18. The van der Waals surface area contributed by atoms with Crippen LogP contribution in [0.25, 0.3) is 6.08 Å². The molecule has 0 saturated carbocycles. The van der Waals surface area contributed by atoms with Gasteiger partial charge in [0.1, 0.15) is 0 Å². The van der Waals surface area contributed by atoms with Crippen molar-refractivity contribution in [2.45, 2.75) is 0 Å². The van der Waals surface area contributed by atoms with Gasteiger partial charge in [0.2, 0.25) is 5.95 Å². The van der Waals surface area contributed by atoms with Crippen LogP contribution in [0, 0.1) is 17.3 Å². The van der Waals surface area contributed by atoms with Gasteiger partial charge in [-0.25, -0.2) is 4.98 Å². The summed E-state index contributed by atoms with van der Waals surface area (Å²) in [5, 5.41) is 8.15. The maximum Gasteiger partial charge on any atom is 0.212 e. The summed E-state index contributed by atoms with van der Waals surface area (Å²) in [4.78, 5) is 3.40. The van der Waals surface area contributed by atoms with Crippen molar-refractivity contribution in [3.8, 4) is 6.07 Å². The Morgan fingerprint density at radius 2 is 2.36 bits per heavy atom. The third-order valence-electron chi connectivity index (χ3n) is 1.10. The first kappa shape index (κ1) is 7.42. The van der Waals surface area contributed by atoms with Crippen LogP contribution in [-0.2, 0) is 0 Å². The molecule has 0 aromatic carbocycles. The molecule has 0 atom stereocenters. The molecule has 0 unspecified atom stereocenters. The number of allylic oxidation sites excluding steroid dienone is 1. The van der Waals surface area contributed by atoms with E-state index in [1.807, 2.05) is 6.07 Å². The maximum absolute atomic E-state index is 12.2. The van der Waals surface area contributed by atoms with Gasteiger partial charge < -0.3 is 0 Å². The molecule has 11 heavy (non-hydrogen) atoms. The van der Waals surface area contributed by atoms with E-state index in [1.165, 1.54) is 18.3 Å². The zero-order chi connectivity index (χ0) is 8.10. The third-order valence-corrected chi connectivity index (χ3v) is 1.10. The van der Waals surface area contributed by atoms with Gasteiger partial charge in [-0.05, 0) is 23.8 Å². The number of halogens is 1. The highest BCUT2D eigenvalue weighted by molar-refractivity contribution is 5.50. The molecule has 0 aliphatic rings. The molecule has 0 amide bonds. The molecule has 54 valence electrons. The summed E-state index contributed by atoms with van der Waals surface area (Å²) in [6, 6.07) is 4.63. The molecule has 0 aliphatic heterocycles. The van der Waals surface area contributed by atoms with Crippen LogP contribution in [0.5, 0.6) is 0 Å². The molecule has 0 N–H and O–H groups in total. The Morgan fingerprint density at radius 1 is 1.55 bits per heavy atom. The molecule has 0 saturated heterocycles. The largest absolute Gasteiger partial charge is 0.228 e. The molecule has 2 nitrogen and oxygen atoms in total. The van der Waals surface area contributed by atoms with E-state index in [9.17, 15) is 4.39 Å². The highest BCUT2D eigenvalue weighted by atomic mass is 19.1. The van der Waals surface area contributed by atoms with Gasteiger partial charge in [0.25, 0.3) is 0 Å². The normalized spacial score (nSPS) is 9.82. The SMILES string of the molecule is N#C/C=C/c1ccc(F)nc1. The number of pyridine rings is 1. The van der Waals surface area contributed by atoms with E-state index >= 15 is 0 Å². The lowest BCUT2D eigenvalue weighted by atomic mass is 10.3. The molecule has 1 heterocycles. The fourth-order valence-electron chi connectivity index (χ4n) is 0.619. The Labute approximate surface area is 63.6 Å². The van der Waals surface area contributed by atoms with Crippen LogP contribution in [0.2, 0.25) is 0 Å². The molecule has 0 radical (unpaired) electrons. The van der Waals surface area contributed by atoms with Crippen molar-refractivity contribution in [1.82, 2.24) is 4.98 Å². The monoisotopic (exact) mass is 148 g/mol. The van der Waals surface area contributed by atoms with E-state index in [0.717, 1.165) is 0 Å². The number of rotatable bonds is 1. The van der Waals surface area contributed by atoms with Gasteiger partial charge in [0.15, 0.2) is 0 Å². The Kier molecular flexibility index (Phi) is 2.34. The number of nitrogens with zero attached hydrogens (tertiary/aromatic N) is 2. The van der Waals surface area contributed by atoms with Crippen molar-refractivity contribution >= 4 is 6.08 Å². The fraction of sp³-hybridized carbons (Fsp3) is 0. The summed E-state index contributed by atoms with van der Waals surface area (Å²) in [6.07, 6.45) is 4.24. The second kappa shape index (κ2) is 3.47. The van der Waals surface area contributed by atoms with Crippen LogP contribution < -0.4 is 0 Å². The summed E-state index contributed by atoms with van der Waals surface area (Å²) in [5.74, 6) is -0.515. The van der Waals surface area contributed by atoms with Crippen molar-refractivity contribution in [3.05, 3.63) is 35.9 Å². The Bertz CT molecular complexity index is 295. The topological polar surface area (TPSA) is 36.7 Å². The lowest BCUT2D eigenvalue weighted by molar-refractivity contribution is 0.583. The Hall–Kier alpha value is -1.69. The average molecular weight is 148 g/mol. The van der Waals surface area contributed by atoms with Crippen molar-refractivity contribution < 1.29 is 4.39 Å². The average Bonchev–Trinajstić information content (AvgIpc) is 2.04. The van der Waals surface area contributed by atoms with Crippen molar-refractivity contribution in [3.63, 3.8) is 0 Å². The number of hydrogen-bond donors (Lipinski definition) is 0. The lowest BCUT2D eigenvalue weighted by Crippen LogP contribution is -1.80. The van der Waals surface area contributed by atoms with Crippen LogP contribution in [0.15, 0.2) is 24.4 Å². The number of nitriles is 1. The first-order chi connectivity index (χ1) is 5.33. The van der Waals surface area contributed by atoms with Gasteiger partial charge in [-0.2, -0.15) is 9.65 Å². The van der Waals surface area contributed by atoms with E-state index < -0.39 is 5.95 Å². The van der Waals surface area contributed by atoms with E-state index in [1.54, 1.807) is 12.1 Å². The number of hydrogen-bond acceptors (Lipinski definition) is 2. The predicted molar refractivity (Wildman–Crippen MR) is 38.8 cm³/mol. The second-order valence-corrected chi connectivity index (χ2v) is 1.88. The highest BCUT2D eigenvalue weighted by Crippen LogP contribution is 2.00. The standard InChI is InChI=1S/C8H5FN2/c9-8-4-3-7(6-11-8)2-1-5-10/h1-4,6H/b2-1+. The molecule has 0 bridgehead atoms. The van der Waals surface area contributed by atoms with Crippen molar-refractivity contribution in [1.29, 1.82) is 5.26 Å². The minimum atomic E-state index is -0.515. The molecule has 1 rings (SSSR count). The maximum atomic E-state index is 12.2. The summed E-state index contributed by atoms with van der Waals surface area (Å²) < 4.78 is 12.2. The first-order valence-electron chi connectivity index (χ1n) is 3.00. The predicted octanol–water partition coefficient (Wildman–Crippen LogP) is 1.76. The Morgan fingerprint density at radius 3 is 2.91 bits per heavy atom. The van der Waals surface area contributed by atoms with Crippen molar-refractivity contribution in [2.75, 3.05) is 0 Å². The van der Waals surface area contributed by atoms with E-state index in [0.29, 0.717) is 5.56 Å². The summed E-state index contributed by atoms with van der Waals surface area (Å²) in [6.45, 7) is 0. The van der Waals surface area contributed by atoms with Crippen LogP contribution in [0.1, 0.15) is 5.56 Å². The molecule has 1 aromatic heterocycles. The van der Waals surface area contributed by atoms with Gasteiger partial charge in [0, 0.05) is 12.3 Å². The molecule has 3 heteroatoms. The van der Waals surface area contributed by atoms with Crippen molar-refractivity contribution in [2.24, 2.45) is 0 Å². The van der Waals surface area contributed by atoms with Gasteiger partial charge in [-0.3, -0.25) is 0 Å². The van der Waals surface area contributed by atoms with Gasteiger partial charge in [-0.1, -0.05) is 0 Å². The molecule has 0 aliphatic carbocycles. The highest BCUT2D eigenvalue weighted by Gasteiger charge is 1.88. The molecule has 0 fully saturated rings. The minimum absolute atomic E-state index is 0.515. The van der Waals surface area contributed by atoms with Gasteiger partial charge >= 0.3 is 0 Å². The van der Waals surface area contributed by atoms with E-state index in [4.69, 9.17) is 5.26 Å². The summed E-state index contributed by atoms with van der Waals surface area (Å²) in [7, 11) is 0. The second-order valence-electron chi connectivity index (χ2n) is 1.88. The first-order valence-corrected chi connectivity index (χ1v) is 3.00. The number of aromatic nitrogens is 1. The van der Waals surface area contributed by atoms with Crippen LogP contribution >= 0.6 is 0 Å². The fourth-order valence-corrected chi connectivity index (χ4v) is 0.619. The Balaban J connectivity index is 2.84. The van der Waals surface area contributed by atoms with E-state index in [-0.39, 0.29) is 0 Å². The van der Waals surface area contributed by atoms with Gasteiger partial charge in [-0.15, -0.1) is 0 Å². The quantitative estimate of drug-likeness (QED) is 0.449. The summed E-state index contributed by atoms with van der Waals surface area (Å²) >= 11 is 0.